The van der Waals surface area contributed by atoms with E-state index >= 15 is 0 Å². The maximum absolute atomic E-state index is 13.4. The summed E-state index contributed by atoms with van der Waals surface area (Å²) in [6, 6.07) is 10.2. The number of carbonyl (C=O) groups excluding carboxylic acids is 1. The van der Waals surface area contributed by atoms with Crippen molar-refractivity contribution in [3.8, 4) is 0 Å². The Balaban J connectivity index is 1.92. The Kier molecular flexibility index (Phi) is 4.73. The first-order chi connectivity index (χ1) is 11.2. The number of benzene rings is 1. The second-order valence-electron chi connectivity index (χ2n) is 5.25. The summed E-state index contributed by atoms with van der Waals surface area (Å²) in [7, 11) is 0. The van der Waals surface area contributed by atoms with Crippen LogP contribution >= 0.6 is 11.3 Å². The molecule has 0 aliphatic rings. The Hall–Kier alpha value is -2.18. The molecule has 0 unspecified atom stereocenters. The number of hydrogen-bond acceptors (Lipinski definition) is 3. The van der Waals surface area contributed by atoms with Crippen LogP contribution in [0.3, 0.4) is 0 Å². The number of amides is 1. The van der Waals surface area contributed by atoms with E-state index in [2.05, 4.69) is 5.32 Å². The number of aliphatic hydroxyl groups excluding tert-OH is 1. The highest BCUT2D eigenvalue weighted by atomic mass is 32.1. The summed E-state index contributed by atoms with van der Waals surface area (Å²) < 4.78 is 16.3. The first-order valence-electron chi connectivity index (χ1n) is 7.39. The molecule has 0 bridgehead atoms. The molecule has 3 rings (SSSR count). The molecule has 3 aromatic rings. The average molecular weight is 332 g/mol. The zero-order valence-electron chi connectivity index (χ0n) is 12.5. The summed E-state index contributed by atoms with van der Waals surface area (Å²) >= 11 is 1.57. The van der Waals surface area contributed by atoms with E-state index in [0.29, 0.717) is 25.2 Å². The van der Waals surface area contributed by atoms with Crippen molar-refractivity contribution in [2.24, 2.45) is 0 Å². The zero-order valence-corrected chi connectivity index (χ0v) is 13.3. The number of fused-ring (bicyclic) bond motifs is 1. The number of thiophene rings is 1. The lowest BCUT2D eigenvalue weighted by Gasteiger charge is -2.11. The summed E-state index contributed by atoms with van der Waals surface area (Å²) in [5, 5.41) is 13.6. The van der Waals surface area contributed by atoms with Gasteiger partial charge in [-0.05, 0) is 41.6 Å². The van der Waals surface area contributed by atoms with Crippen LogP contribution in [-0.2, 0) is 6.54 Å². The molecule has 1 amide bonds. The SMILES string of the molecule is O=C(NCCCO)c1cc2sccc2n1Cc1cccc(F)c1. The molecule has 0 aliphatic carbocycles. The zero-order chi connectivity index (χ0) is 16.2. The molecule has 4 nitrogen and oxygen atoms in total. The van der Waals surface area contributed by atoms with Crippen LogP contribution in [0.5, 0.6) is 0 Å². The molecule has 0 saturated heterocycles. The highest BCUT2D eigenvalue weighted by molar-refractivity contribution is 7.17. The lowest BCUT2D eigenvalue weighted by molar-refractivity contribution is 0.0943. The van der Waals surface area contributed by atoms with Crippen LogP contribution in [0, 0.1) is 5.82 Å². The molecule has 1 aromatic carbocycles. The summed E-state index contributed by atoms with van der Waals surface area (Å²) in [5.74, 6) is -0.469. The Morgan fingerprint density at radius 2 is 2.17 bits per heavy atom. The van der Waals surface area contributed by atoms with Crippen molar-refractivity contribution < 1.29 is 14.3 Å². The van der Waals surface area contributed by atoms with Crippen LogP contribution in [0.25, 0.3) is 10.2 Å². The van der Waals surface area contributed by atoms with E-state index in [4.69, 9.17) is 5.11 Å². The molecule has 2 N–H and O–H groups in total. The number of carbonyl (C=O) groups is 1. The maximum atomic E-state index is 13.4. The first-order valence-corrected chi connectivity index (χ1v) is 8.27. The molecule has 0 aliphatic heterocycles. The summed E-state index contributed by atoms with van der Waals surface area (Å²) in [4.78, 5) is 12.4. The smallest absolute Gasteiger partial charge is 0.267 e. The van der Waals surface area contributed by atoms with Crippen molar-refractivity contribution in [2.45, 2.75) is 13.0 Å². The molecule has 0 saturated carbocycles. The van der Waals surface area contributed by atoms with Gasteiger partial charge in [-0.1, -0.05) is 12.1 Å². The van der Waals surface area contributed by atoms with Gasteiger partial charge in [-0.25, -0.2) is 4.39 Å². The maximum Gasteiger partial charge on any atom is 0.267 e. The third-order valence-corrected chi connectivity index (χ3v) is 4.46. The second-order valence-corrected chi connectivity index (χ2v) is 6.20. The largest absolute Gasteiger partial charge is 0.396 e. The van der Waals surface area contributed by atoms with Gasteiger partial charge in [0.2, 0.25) is 0 Å². The van der Waals surface area contributed by atoms with Gasteiger partial charge in [0.15, 0.2) is 0 Å². The van der Waals surface area contributed by atoms with Crippen LogP contribution in [-0.4, -0.2) is 28.7 Å². The number of aliphatic hydroxyl groups is 1. The normalized spacial score (nSPS) is 11.0. The van der Waals surface area contributed by atoms with Gasteiger partial charge in [0.25, 0.3) is 5.91 Å². The van der Waals surface area contributed by atoms with Crippen LogP contribution in [0.15, 0.2) is 41.8 Å². The second kappa shape index (κ2) is 6.93. The molecule has 0 spiro atoms. The standard InChI is InChI=1S/C17H17FN2O2S/c18-13-4-1-3-12(9-13)11-20-14-5-8-23-16(14)10-15(20)17(22)19-6-2-7-21/h1,3-5,8-10,21H,2,6-7,11H2,(H,19,22). The Morgan fingerprint density at radius 3 is 2.96 bits per heavy atom. The van der Waals surface area contributed by atoms with Gasteiger partial charge >= 0.3 is 0 Å². The van der Waals surface area contributed by atoms with Gasteiger partial charge in [0, 0.05) is 19.7 Å². The third-order valence-electron chi connectivity index (χ3n) is 3.61. The van der Waals surface area contributed by atoms with E-state index in [0.717, 1.165) is 15.8 Å². The van der Waals surface area contributed by atoms with Crippen LogP contribution in [0.2, 0.25) is 0 Å². The van der Waals surface area contributed by atoms with E-state index in [1.54, 1.807) is 17.4 Å². The Bertz CT molecular complexity index is 825. The molecule has 2 aromatic heterocycles. The fourth-order valence-corrected chi connectivity index (χ4v) is 3.35. The summed E-state index contributed by atoms with van der Waals surface area (Å²) in [6.45, 7) is 0.897. The van der Waals surface area contributed by atoms with Crippen molar-refractivity contribution >= 4 is 27.5 Å². The predicted molar refractivity (Wildman–Crippen MR) is 89.4 cm³/mol. The van der Waals surface area contributed by atoms with Crippen molar-refractivity contribution in [1.82, 2.24) is 9.88 Å². The number of aromatic nitrogens is 1. The third kappa shape index (κ3) is 3.43. The average Bonchev–Trinajstić information content (AvgIpc) is 3.10. The van der Waals surface area contributed by atoms with E-state index in [1.165, 1.54) is 12.1 Å². The number of rotatable bonds is 6. The van der Waals surface area contributed by atoms with Gasteiger partial charge in [-0.15, -0.1) is 11.3 Å². The number of nitrogens with zero attached hydrogens (tertiary/aromatic N) is 1. The fourth-order valence-electron chi connectivity index (χ4n) is 2.52. The molecule has 0 radical (unpaired) electrons. The first kappa shape index (κ1) is 15.7. The minimum Gasteiger partial charge on any atom is -0.396 e. The Morgan fingerprint density at radius 1 is 1.30 bits per heavy atom. The quantitative estimate of drug-likeness (QED) is 0.682. The van der Waals surface area contributed by atoms with Crippen LogP contribution in [0.1, 0.15) is 22.5 Å². The summed E-state index contributed by atoms with van der Waals surface area (Å²) in [6.07, 6.45) is 0.519. The highest BCUT2D eigenvalue weighted by Gasteiger charge is 2.16. The molecule has 0 atom stereocenters. The van der Waals surface area contributed by atoms with Gasteiger partial charge in [0.05, 0.1) is 10.2 Å². The fraction of sp³-hybridized carbons (Fsp3) is 0.235. The number of nitrogens with one attached hydrogen (secondary N) is 1. The lowest BCUT2D eigenvalue weighted by atomic mass is 10.2. The lowest BCUT2D eigenvalue weighted by Crippen LogP contribution is -2.27. The van der Waals surface area contributed by atoms with Crippen molar-refractivity contribution in [3.63, 3.8) is 0 Å². The highest BCUT2D eigenvalue weighted by Crippen LogP contribution is 2.26. The topological polar surface area (TPSA) is 54.3 Å². The van der Waals surface area contributed by atoms with Gasteiger partial charge < -0.3 is 15.0 Å². The van der Waals surface area contributed by atoms with Crippen LogP contribution in [0.4, 0.5) is 4.39 Å². The van der Waals surface area contributed by atoms with Crippen molar-refractivity contribution in [1.29, 1.82) is 0 Å². The summed E-state index contributed by atoms with van der Waals surface area (Å²) in [5.41, 5.74) is 2.32. The van der Waals surface area contributed by atoms with E-state index in [1.807, 2.05) is 28.1 Å². The molecule has 2 heterocycles. The van der Waals surface area contributed by atoms with E-state index in [-0.39, 0.29) is 18.3 Å². The van der Waals surface area contributed by atoms with Gasteiger partial charge in [-0.2, -0.15) is 0 Å². The molecular weight excluding hydrogens is 315 g/mol. The van der Waals surface area contributed by atoms with E-state index in [9.17, 15) is 9.18 Å². The minimum atomic E-state index is -0.287. The minimum absolute atomic E-state index is 0.0413. The van der Waals surface area contributed by atoms with Crippen molar-refractivity contribution in [3.05, 3.63) is 58.9 Å². The van der Waals surface area contributed by atoms with Crippen molar-refractivity contribution in [2.75, 3.05) is 13.2 Å². The Labute approximate surface area is 137 Å². The monoisotopic (exact) mass is 332 g/mol. The molecule has 120 valence electrons. The van der Waals surface area contributed by atoms with E-state index < -0.39 is 0 Å². The van der Waals surface area contributed by atoms with Gasteiger partial charge in [0.1, 0.15) is 11.5 Å². The number of hydrogen-bond donors (Lipinski definition) is 2. The predicted octanol–water partition coefficient (Wildman–Crippen LogP) is 3.00. The van der Waals surface area contributed by atoms with Gasteiger partial charge in [-0.3, -0.25) is 4.79 Å². The number of halogens is 1. The van der Waals surface area contributed by atoms with Crippen LogP contribution < -0.4 is 5.32 Å². The molecular formula is C17H17FN2O2S. The molecule has 23 heavy (non-hydrogen) atoms. The molecule has 6 heteroatoms. The molecule has 0 fully saturated rings.